The normalized spacial score (nSPS) is 9.72. The average molecular weight is 254 g/mol. The van der Waals surface area contributed by atoms with Crippen molar-refractivity contribution in [1.29, 1.82) is 0 Å². The molecule has 0 radical (unpaired) electrons. The quantitative estimate of drug-likeness (QED) is 0.580. The Morgan fingerprint density at radius 3 is 2.61 bits per heavy atom. The highest BCUT2D eigenvalue weighted by molar-refractivity contribution is 5.77. The molecule has 0 aliphatic rings. The van der Waals surface area contributed by atoms with Crippen LogP contribution in [-0.4, -0.2) is 43.5 Å². The first kappa shape index (κ1) is 13.8. The summed E-state index contributed by atoms with van der Waals surface area (Å²) in [7, 11) is 4.57. The summed E-state index contributed by atoms with van der Waals surface area (Å²) in [6.07, 6.45) is 0. The molecule has 1 amide bonds. The Labute approximate surface area is 104 Å². The van der Waals surface area contributed by atoms with Crippen molar-refractivity contribution in [2.45, 2.75) is 0 Å². The first-order valence-corrected chi connectivity index (χ1v) is 5.11. The maximum atomic E-state index is 11.3. The summed E-state index contributed by atoms with van der Waals surface area (Å²) >= 11 is 0. The zero-order valence-corrected chi connectivity index (χ0v) is 10.4. The highest BCUT2D eigenvalue weighted by atomic mass is 16.6. The number of nitrogens with zero attached hydrogens (tertiary/aromatic N) is 2. The fourth-order valence-electron chi connectivity index (χ4n) is 1.16. The third-order valence-electron chi connectivity index (χ3n) is 2.21. The first-order chi connectivity index (χ1) is 8.45. The second-order valence-corrected chi connectivity index (χ2v) is 3.67. The van der Waals surface area contributed by atoms with E-state index in [2.05, 4.69) is 0 Å². The largest absolute Gasteiger partial charge is 0.496 e. The van der Waals surface area contributed by atoms with Crippen LogP contribution < -0.4 is 9.47 Å². The van der Waals surface area contributed by atoms with Gasteiger partial charge >= 0.3 is 5.69 Å². The molecule has 0 aromatic heterocycles. The zero-order valence-electron chi connectivity index (χ0n) is 10.4. The van der Waals surface area contributed by atoms with E-state index >= 15 is 0 Å². The van der Waals surface area contributed by atoms with Gasteiger partial charge in [0.25, 0.3) is 5.91 Å². The summed E-state index contributed by atoms with van der Waals surface area (Å²) < 4.78 is 10.0. The van der Waals surface area contributed by atoms with E-state index in [0.717, 1.165) is 0 Å². The number of carbonyl (C=O) groups is 1. The molecule has 0 saturated heterocycles. The van der Waals surface area contributed by atoms with E-state index in [0.29, 0.717) is 5.75 Å². The van der Waals surface area contributed by atoms with Crippen molar-refractivity contribution in [3.05, 3.63) is 28.3 Å². The van der Waals surface area contributed by atoms with Crippen LogP contribution in [0.3, 0.4) is 0 Å². The van der Waals surface area contributed by atoms with E-state index in [1.807, 2.05) is 0 Å². The number of amides is 1. The van der Waals surface area contributed by atoms with Crippen LogP contribution in [0.15, 0.2) is 18.2 Å². The van der Waals surface area contributed by atoms with Gasteiger partial charge in [-0.05, 0) is 12.1 Å². The molecular weight excluding hydrogens is 240 g/mol. The van der Waals surface area contributed by atoms with Crippen molar-refractivity contribution in [2.24, 2.45) is 0 Å². The van der Waals surface area contributed by atoms with Crippen LogP contribution in [0, 0.1) is 10.1 Å². The fraction of sp³-hybridized carbons (Fsp3) is 0.364. The molecule has 0 heterocycles. The van der Waals surface area contributed by atoms with E-state index in [9.17, 15) is 14.9 Å². The first-order valence-electron chi connectivity index (χ1n) is 5.11. The molecule has 0 spiro atoms. The Bertz CT molecular complexity index is 459. The molecule has 0 N–H and O–H groups in total. The van der Waals surface area contributed by atoms with E-state index < -0.39 is 4.92 Å². The van der Waals surface area contributed by atoms with Gasteiger partial charge in [0.05, 0.1) is 18.1 Å². The molecule has 0 fully saturated rings. The Balaban J connectivity index is 2.88. The summed E-state index contributed by atoms with van der Waals surface area (Å²) in [5.41, 5.74) is -0.235. The van der Waals surface area contributed by atoms with Crippen LogP contribution in [0.5, 0.6) is 11.5 Å². The lowest BCUT2D eigenvalue weighted by Crippen LogP contribution is -2.27. The van der Waals surface area contributed by atoms with Gasteiger partial charge in [0.15, 0.2) is 12.4 Å². The summed E-state index contributed by atoms with van der Waals surface area (Å²) in [6.45, 7) is -0.250. The zero-order chi connectivity index (χ0) is 13.7. The van der Waals surface area contributed by atoms with E-state index in [4.69, 9.17) is 9.47 Å². The molecule has 7 heteroatoms. The van der Waals surface area contributed by atoms with Gasteiger partial charge in [-0.3, -0.25) is 14.9 Å². The number of nitro groups is 1. The molecule has 1 rings (SSSR count). The van der Waals surface area contributed by atoms with Gasteiger partial charge in [-0.1, -0.05) is 0 Å². The Morgan fingerprint density at radius 2 is 2.11 bits per heavy atom. The molecule has 0 atom stereocenters. The Hall–Kier alpha value is -2.31. The number of likely N-dealkylation sites (N-methyl/N-ethyl adjacent to an activating group) is 1. The standard InChI is InChI=1S/C11H14N2O5/c1-12(2)11(14)7-18-10-5-4-8(17-3)6-9(10)13(15)16/h4-6H,7H2,1-3H3. The van der Waals surface area contributed by atoms with Gasteiger partial charge < -0.3 is 14.4 Å². The number of nitro benzene ring substituents is 1. The van der Waals surface area contributed by atoms with Crippen molar-refractivity contribution in [2.75, 3.05) is 27.8 Å². The van der Waals surface area contributed by atoms with Crippen molar-refractivity contribution in [3.8, 4) is 11.5 Å². The molecule has 0 bridgehead atoms. The number of ether oxygens (including phenoxy) is 2. The highest BCUT2D eigenvalue weighted by Crippen LogP contribution is 2.30. The maximum Gasteiger partial charge on any atom is 0.314 e. The monoisotopic (exact) mass is 254 g/mol. The number of hydrogen-bond acceptors (Lipinski definition) is 5. The summed E-state index contributed by atoms with van der Waals surface area (Å²) in [5.74, 6) is 0.115. The predicted molar refractivity (Wildman–Crippen MR) is 63.8 cm³/mol. The minimum Gasteiger partial charge on any atom is -0.496 e. The molecule has 0 aliphatic heterocycles. The molecule has 7 nitrogen and oxygen atoms in total. The van der Waals surface area contributed by atoms with Crippen molar-refractivity contribution in [1.82, 2.24) is 4.90 Å². The topological polar surface area (TPSA) is 81.9 Å². The molecule has 18 heavy (non-hydrogen) atoms. The molecule has 1 aromatic rings. The molecular formula is C11H14N2O5. The summed E-state index contributed by atoms with van der Waals surface area (Å²) in [4.78, 5) is 22.9. The molecule has 0 saturated carbocycles. The SMILES string of the molecule is COc1ccc(OCC(=O)N(C)C)c([N+](=O)[O-])c1. The summed E-state index contributed by atoms with van der Waals surface area (Å²) in [6, 6.07) is 4.18. The lowest BCUT2D eigenvalue weighted by molar-refractivity contribution is -0.385. The van der Waals surface area contributed by atoms with E-state index in [-0.39, 0.29) is 24.0 Å². The average Bonchev–Trinajstić information content (AvgIpc) is 2.35. The van der Waals surface area contributed by atoms with E-state index in [1.54, 1.807) is 14.1 Å². The van der Waals surface area contributed by atoms with Crippen LogP contribution >= 0.6 is 0 Å². The van der Waals surface area contributed by atoms with Gasteiger partial charge in [0.1, 0.15) is 5.75 Å². The summed E-state index contributed by atoms with van der Waals surface area (Å²) in [5, 5.41) is 10.8. The van der Waals surface area contributed by atoms with E-state index in [1.165, 1.54) is 30.2 Å². The minimum atomic E-state index is -0.585. The van der Waals surface area contributed by atoms with Crippen LogP contribution in [0.1, 0.15) is 0 Å². The lowest BCUT2D eigenvalue weighted by atomic mass is 10.3. The van der Waals surface area contributed by atoms with Crippen LogP contribution in [-0.2, 0) is 4.79 Å². The second-order valence-electron chi connectivity index (χ2n) is 3.67. The number of methoxy groups -OCH3 is 1. The fourth-order valence-corrected chi connectivity index (χ4v) is 1.16. The van der Waals surface area contributed by atoms with Gasteiger partial charge in [-0.15, -0.1) is 0 Å². The van der Waals surface area contributed by atoms with Crippen LogP contribution in [0.25, 0.3) is 0 Å². The maximum absolute atomic E-state index is 11.3. The third kappa shape index (κ3) is 3.34. The molecule has 0 aliphatic carbocycles. The number of carbonyl (C=O) groups excluding carboxylic acids is 1. The van der Waals surface area contributed by atoms with Crippen molar-refractivity contribution in [3.63, 3.8) is 0 Å². The highest BCUT2D eigenvalue weighted by Gasteiger charge is 2.17. The molecule has 0 unspecified atom stereocenters. The number of hydrogen-bond donors (Lipinski definition) is 0. The van der Waals surface area contributed by atoms with Gasteiger partial charge in [0, 0.05) is 14.1 Å². The third-order valence-corrected chi connectivity index (χ3v) is 2.21. The number of rotatable bonds is 5. The Morgan fingerprint density at radius 1 is 1.44 bits per heavy atom. The van der Waals surface area contributed by atoms with Gasteiger partial charge in [-0.25, -0.2) is 0 Å². The molecule has 98 valence electrons. The number of benzene rings is 1. The van der Waals surface area contributed by atoms with Crippen molar-refractivity contribution >= 4 is 11.6 Å². The second kappa shape index (κ2) is 5.85. The minimum absolute atomic E-state index is 0.0380. The van der Waals surface area contributed by atoms with Crippen LogP contribution in [0.4, 0.5) is 5.69 Å². The molecule has 1 aromatic carbocycles. The van der Waals surface area contributed by atoms with Crippen molar-refractivity contribution < 1.29 is 19.2 Å². The van der Waals surface area contributed by atoms with Gasteiger partial charge in [-0.2, -0.15) is 0 Å². The Kier molecular flexibility index (Phi) is 4.47. The lowest BCUT2D eigenvalue weighted by Gasteiger charge is -2.11. The van der Waals surface area contributed by atoms with Gasteiger partial charge in [0.2, 0.25) is 0 Å². The predicted octanol–water partition coefficient (Wildman–Crippen LogP) is 1.07. The van der Waals surface area contributed by atoms with Crippen LogP contribution in [0.2, 0.25) is 0 Å². The smallest absolute Gasteiger partial charge is 0.314 e.